The van der Waals surface area contributed by atoms with Gasteiger partial charge < -0.3 is 4.79 Å². The number of allylic oxidation sites excluding steroid dienone is 1. The molecule has 0 bridgehead atoms. The van der Waals surface area contributed by atoms with E-state index in [1.165, 1.54) is 5.57 Å². The smallest absolute Gasteiger partial charge is 0.130 e. The standard InChI is InChI=1S/C10H18O/c1-5-8(2)6-9(3)7-10(4)11/h9H,2,5-7H2,1,3-4H3. The van der Waals surface area contributed by atoms with Crippen LogP contribution in [-0.4, -0.2) is 5.78 Å². The minimum Gasteiger partial charge on any atom is -0.300 e. The first-order valence-electron chi connectivity index (χ1n) is 4.22. The fraction of sp³-hybridized carbons (Fsp3) is 0.700. The maximum Gasteiger partial charge on any atom is 0.130 e. The molecule has 0 saturated carbocycles. The maximum atomic E-state index is 10.7. The third-order valence-corrected chi connectivity index (χ3v) is 1.77. The zero-order valence-electron chi connectivity index (χ0n) is 7.81. The molecule has 64 valence electrons. The summed E-state index contributed by atoms with van der Waals surface area (Å²) in [5.41, 5.74) is 1.25. The highest BCUT2D eigenvalue weighted by molar-refractivity contribution is 5.75. The Bertz CT molecular complexity index is 147. The van der Waals surface area contributed by atoms with Crippen molar-refractivity contribution in [2.24, 2.45) is 5.92 Å². The van der Waals surface area contributed by atoms with Crippen molar-refractivity contribution in [2.45, 2.75) is 40.0 Å². The number of hydrogen-bond donors (Lipinski definition) is 0. The second kappa shape index (κ2) is 5.11. The van der Waals surface area contributed by atoms with Gasteiger partial charge in [0.25, 0.3) is 0 Å². The first-order valence-corrected chi connectivity index (χ1v) is 4.22. The Balaban J connectivity index is 3.60. The summed E-state index contributed by atoms with van der Waals surface area (Å²) in [6.07, 6.45) is 2.72. The Hall–Kier alpha value is -0.590. The molecule has 1 nitrogen and oxygen atoms in total. The molecule has 0 aromatic carbocycles. The third kappa shape index (κ3) is 5.84. The lowest BCUT2D eigenvalue weighted by atomic mass is 9.96. The fourth-order valence-corrected chi connectivity index (χ4v) is 1.20. The molecule has 0 saturated heterocycles. The van der Waals surface area contributed by atoms with Gasteiger partial charge in [0.2, 0.25) is 0 Å². The number of rotatable bonds is 5. The van der Waals surface area contributed by atoms with Gasteiger partial charge >= 0.3 is 0 Å². The molecule has 0 rings (SSSR count). The van der Waals surface area contributed by atoms with Crippen molar-refractivity contribution in [3.8, 4) is 0 Å². The first kappa shape index (κ1) is 10.4. The highest BCUT2D eigenvalue weighted by atomic mass is 16.1. The van der Waals surface area contributed by atoms with E-state index in [0.29, 0.717) is 12.3 Å². The average Bonchev–Trinajstić information content (AvgIpc) is 1.85. The Kier molecular flexibility index (Phi) is 4.84. The Labute approximate surface area is 69.5 Å². The van der Waals surface area contributed by atoms with Crippen LogP contribution in [-0.2, 0) is 4.79 Å². The van der Waals surface area contributed by atoms with E-state index in [0.717, 1.165) is 12.8 Å². The van der Waals surface area contributed by atoms with Gasteiger partial charge in [0, 0.05) is 6.42 Å². The van der Waals surface area contributed by atoms with Gasteiger partial charge in [-0.05, 0) is 25.7 Å². The Morgan fingerprint density at radius 2 is 2.00 bits per heavy atom. The lowest BCUT2D eigenvalue weighted by Crippen LogP contribution is -2.02. The van der Waals surface area contributed by atoms with Crippen molar-refractivity contribution in [2.75, 3.05) is 0 Å². The molecule has 1 unspecified atom stereocenters. The summed E-state index contributed by atoms with van der Waals surface area (Å²) >= 11 is 0. The molecule has 0 amide bonds. The van der Waals surface area contributed by atoms with Crippen LogP contribution in [0, 0.1) is 5.92 Å². The molecule has 11 heavy (non-hydrogen) atoms. The van der Waals surface area contributed by atoms with Crippen LogP contribution in [0.5, 0.6) is 0 Å². The molecular weight excluding hydrogens is 136 g/mol. The number of Topliss-reactive ketones (excluding diaryl/α,β-unsaturated/α-hetero) is 1. The van der Waals surface area contributed by atoms with Gasteiger partial charge in [-0.3, -0.25) is 0 Å². The van der Waals surface area contributed by atoms with Crippen LogP contribution < -0.4 is 0 Å². The zero-order chi connectivity index (χ0) is 8.85. The largest absolute Gasteiger partial charge is 0.300 e. The molecule has 0 aromatic rings. The predicted octanol–water partition coefficient (Wildman–Crippen LogP) is 2.96. The molecule has 0 N–H and O–H groups in total. The van der Waals surface area contributed by atoms with Crippen LogP contribution in [0.3, 0.4) is 0 Å². The fourth-order valence-electron chi connectivity index (χ4n) is 1.20. The molecule has 0 heterocycles. The predicted molar refractivity (Wildman–Crippen MR) is 48.5 cm³/mol. The number of carbonyl (C=O) groups is 1. The van der Waals surface area contributed by atoms with Crippen LogP contribution in [0.15, 0.2) is 12.2 Å². The average molecular weight is 154 g/mol. The number of carbonyl (C=O) groups excluding carboxylic acids is 1. The SMILES string of the molecule is C=C(CC)CC(C)CC(C)=O. The summed E-state index contributed by atoms with van der Waals surface area (Å²) in [5, 5.41) is 0. The van der Waals surface area contributed by atoms with E-state index in [9.17, 15) is 4.79 Å². The minimum absolute atomic E-state index is 0.279. The lowest BCUT2D eigenvalue weighted by Gasteiger charge is -2.09. The quantitative estimate of drug-likeness (QED) is 0.556. The Morgan fingerprint density at radius 3 is 2.36 bits per heavy atom. The molecule has 0 radical (unpaired) electrons. The van der Waals surface area contributed by atoms with Gasteiger partial charge in [-0.25, -0.2) is 0 Å². The summed E-state index contributed by atoms with van der Waals surface area (Å²) in [7, 11) is 0. The van der Waals surface area contributed by atoms with Gasteiger partial charge in [0.1, 0.15) is 5.78 Å². The van der Waals surface area contributed by atoms with Crippen LogP contribution in [0.25, 0.3) is 0 Å². The molecule has 1 atom stereocenters. The highest BCUT2D eigenvalue weighted by Gasteiger charge is 2.05. The Morgan fingerprint density at radius 1 is 1.45 bits per heavy atom. The van der Waals surface area contributed by atoms with Gasteiger partial charge in [-0.2, -0.15) is 0 Å². The second-order valence-electron chi connectivity index (χ2n) is 3.32. The van der Waals surface area contributed by atoms with E-state index in [-0.39, 0.29) is 5.78 Å². The first-order chi connectivity index (χ1) is 5.06. The van der Waals surface area contributed by atoms with Crippen LogP contribution in [0.4, 0.5) is 0 Å². The van der Waals surface area contributed by atoms with Crippen molar-refractivity contribution in [1.29, 1.82) is 0 Å². The monoisotopic (exact) mass is 154 g/mol. The van der Waals surface area contributed by atoms with Gasteiger partial charge in [-0.15, -0.1) is 0 Å². The molecule has 0 aromatic heterocycles. The zero-order valence-corrected chi connectivity index (χ0v) is 7.81. The molecule has 0 fully saturated rings. The van der Waals surface area contributed by atoms with E-state index in [4.69, 9.17) is 0 Å². The normalized spacial score (nSPS) is 12.6. The molecule has 0 spiro atoms. The van der Waals surface area contributed by atoms with E-state index in [1.54, 1.807) is 6.92 Å². The van der Waals surface area contributed by atoms with E-state index in [1.807, 2.05) is 0 Å². The van der Waals surface area contributed by atoms with E-state index >= 15 is 0 Å². The van der Waals surface area contributed by atoms with Crippen molar-refractivity contribution < 1.29 is 4.79 Å². The van der Waals surface area contributed by atoms with Crippen molar-refractivity contribution in [3.05, 3.63) is 12.2 Å². The maximum absolute atomic E-state index is 10.7. The van der Waals surface area contributed by atoms with Crippen LogP contribution in [0.1, 0.15) is 40.0 Å². The van der Waals surface area contributed by atoms with Crippen molar-refractivity contribution in [3.63, 3.8) is 0 Å². The van der Waals surface area contributed by atoms with Crippen molar-refractivity contribution >= 4 is 5.78 Å². The third-order valence-electron chi connectivity index (χ3n) is 1.77. The van der Waals surface area contributed by atoms with Gasteiger partial charge in [0.05, 0.1) is 0 Å². The highest BCUT2D eigenvalue weighted by Crippen LogP contribution is 2.15. The summed E-state index contributed by atoms with van der Waals surface area (Å²) in [6.45, 7) is 9.75. The topological polar surface area (TPSA) is 17.1 Å². The molecule has 0 aliphatic rings. The summed E-state index contributed by atoms with van der Waals surface area (Å²) in [4.78, 5) is 10.7. The molecule has 0 aliphatic heterocycles. The molecule has 1 heteroatoms. The number of hydrogen-bond acceptors (Lipinski definition) is 1. The minimum atomic E-state index is 0.279. The van der Waals surface area contributed by atoms with Crippen LogP contribution >= 0.6 is 0 Å². The van der Waals surface area contributed by atoms with Crippen LogP contribution in [0.2, 0.25) is 0 Å². The summed E-state index contributed by atoms with van der Waals surface area (Å²) in [6, 6.07) is 0. The number of ketones is 1. The second-order valence-corrected chi connectivity index (χ2v) is 3.32. The van der Waals surface area contributed by atoms with Crippen molar-refractivity contribution in [1.82, 2.24) is 0 Å². The summed E-state index contributed by atoms with van der Waals surface area (Å²) < 4.78 is 0. The van der Waals surface area contributed by atoms with Gasteiger partial charge in [0.15, 0.2) is 0 Å². The molecular formula is C10H18O. The van der Waals surface area contributed by atoms with E-state index < -0.39 is 0 Å². The van der Waals surface area contributed by atoms with E-state index in [2.05, 4.69) is 20.4 Å². The lowest BCUT2D eigenvalue weighted by molar-refractivity contribution is -0.117. The summed E-state index contributed by atoms with van der Waals surface area (Å²) in [5.74, 6) is 0.751. The molecule has 0 aliphatic carbocycles. The van der Waals surface area contributed by atoms with Gasteiger partial charge in [-0.1, -0.05) is 26.0 Å².